The van der Waals surface area contributed by atoms with Crippen LogP contribution < -0.4 is 10.2 Å². The Morgan fingerprint density at radius 1 is 1.41 bits per heavy atom. The van der Waals surface area contributed by atoms with Crippen molar-refractivity contribution in [2.45, 2.75) is 45.4 Å². The number of piperidine rings is 1. The molecule has 0 radical (unpaired) electrons. The Morgan fingerprint density at radius 2 is 2.18 bits per heavy atom. The molecule has 0 aliphatic carbocycles. The first-order valence-corrected chi connectivity index (χ1v) is 8.35. The third-order valence-electron chi connectivity index (χ3n) is 4.24. The Bertz CT molecular complexity index is 471. The molecular weight excluding hydrogens is 278 g/mol. The van der Waals surface area contributed by atoms with Crippen molar-refractivity contribution in [1.29, 1.82) is 0 Å². The van der Waals surface area contributed by atoms with Gasteiger partial charge in [0.05, 0.1) is 5.69 Å². The molecule has 0 saturated carbocycles. The third-order valence-corrected chi connectivity index (χ3v) is 4.24. The lowest BCUT2D eigenvalue weighted by atomic mass is 9.98. The number of aliphatic hydroxyl groups is 1. The summed E-state index contributed by atoms with van der Waals surface area (Å²) in [6, 6.07) is 3.77. The monoisotopic (exact) mass is 305 g/mol. The first kappa shape index (κ1) is 16.7. The van der Waals surface area contributed by atoms with Crippen LogP contribution >= 0.6 is 0 Å². The van der Waals surface area contributed by atoms with Crippen LogP contribution in [0.2, 0.25) is 0 Å². The number of anilines is 2. The van der Waals surface area contributed by atoms with Gasteiger partial charge in [-0.3, -0.25) is 4.79 Å². The van der Waals surface area contributed by atoms with E-state index in [1.807, 2.05) is 12.1 Å². The van der Waals surface area contributed by atoms with Crippen LogP contribution in [0.25, 0.3) is 0 Å². The number of pyridine rings is 1. The maximum Gasteiger partial charge on any atom is 0.224 e. The van der Waals surface area contributed by atoms with Gasteiger partial charge in [-0.1, -0.05) is 19.8 Å². The van der Waals surface area contributed by atoms with Gasteiger partial charge in [0.2, 0.25) is 5.91 Å². The van der Waals surface area contributed by atoms with Gasteiger partial charge in [0, 0.05) is 32.3 Å². The molecule has 1 saturated heterocycles. The highest BCUT2D eigenvalue weighted by Gasteiger charge is 2.21. The third kappa shape index (κ3) is 4.70. The van der Waals surface area contributed by atoms with Crippen molar-refractivity contribution < 1.29 is 9.90 Å². The predicted molar refractivity (Wildman–Crippen MR) is 89.0 cm³/mol. The molecule has 0 atom stereocenters. The molecule has 1 aliphatic rings. The summed E-state index contributed by atoms with van der Waals surface area (Å²) in [5.41, 5.74) is 0.798. The van der Waals surface area contributed by atoms with Gasteiger partial charge in [-0.15, -0.1) is 0 Å². The smallest absolute Gasteiger partial charge is 0.224 e. The van der Waals surface area contributed by atoms with Gasteiger partial charge < -0.3 is 15.3 Å². The quantitative estimate of drug-likeness (QED) is 0.760. The van der Waals surface area contributed by atoms with Gasteiger partial charge in [-0.05, 0) is 37.3 Å². The summed E-state index contributed by atoms with van der Waals surface area (Å²) in [5, 5.41) is 12.2. The summed E-state index contributed by atoms with van der Waals surface area (Å²) in [6.07, 6.45) is 7.40. The van der Waals surface area contributed by atoms with Crippen LogP contribution in [0.4, 0.5) is 11.5 Å². The molecule has 1 amide bonds. The van der Waals surface area contributed by atoms with Crippen molar-refractivity contribution in [1.82, 2.24) is 4.98 Å². The maximum absolute atomic E-state index is 12.0. The Morgan fingerprint density at radius 3 is 2.86 bits per heavy atom. The van der Waals surface area contributed by atoms with Crippen LogP contribution in [0.3, 0.4) is 0 Å². The summed E-state index contributed by atoms with van der Waals surface area (Å²) < 4.78 is 0. The topological polar surface area (TPSA) is 65.5 Å². The normalized spacial score (nSPS) is 15.8. The lowest BCUT2D eigenvalue weighted by Gasteiger charge is -2.33. The molecule has 0 spiro atoms. The van der Waals surface area contributed by atoms with Crippen molar-refractivity contribution in [2.75, 3.05) is 29.9 Å². The molecular formula is C17H27N3O2. The number of nitrogens with zero attached hydrogens (tertiary/aromatic N) is 2. The van der Waals surface area contributed by atoms with Crippen molar-refractivity contribution in [3.63, 3.8) is 0 Å². The van der Waals surface area contributed by atoms with E-state index in [1.165, 1.54) is 0 Å². The van der Waals surface area contributed by atoms with E-state index in [0.29, 0.717) is 12.3 Å². The highest BCUT2D eigenvalue weighted by Crippen LogP contribution is 2.27. The number of hydrogen-bond acceptors (Lipinski definition) is 4. The molecule has 0 bridgehead atoms. The van der Waals surface area contributed by atoms with Gasteiger partial charge in [0.25, 0.3) is 0 Å². The molecule has 1 aromatic heterocycles. The molecule has 0 aromatic carbocycles. The number of hydrogen-bond donors (Lipinski definition) is 2. The zero-order valence-corrected chi connectivity index (χ0v) is 13.4. The maximum atomic E-state index is 12.0. The predicted octanol–water partition coefficient (Wildman–Crippen LogP) is 2.81. The zero-order valence-electron chi connectivity index (χ0n) is 13.4. The highest BCUT2D eigenvalue weighted by molar-refractivity contribution is 5.93. The summed E-state index contributed by atoms with van der Waals surface area (Å²) >= 11 is 0. The number of aliphatic hydroxyl groups excluding tert-OH is 1. The molecule has 122 valence electrons. The van der Waals surface area contributed by atoms with E-state index >= 15 is 0 Å². The minimum atomic E-state index is 0.0629. The number of rotatable bonds is 7. The molecule has 22 heavy (non-hydrogen) atoms. The molecule has 5 heteroatoms. The van der Waals surface area contributed by atoms with Gasteiger partial charge in [-0.2, -0.15) is 0 Å². The van der Waals surface area contributed by atoms with Crippen LogP contribution in [0, 0.1) is 5.92 Å². The SMILES string of the molecule is CCCCCC(=O)Nc1cccnc1N1CCC(CO)CC1. The van der Waals surface area contributed by atoms with E-state index < -0.39 is 0 Å². The van der Waals surface area contributed by atoms with Crippen LogP contribution in [0.15, 0.2) is 18.3 Å². The van der Waals surface area contributed by atoms with Gasteiger partial charge in [-0.25, -0.2) is 4.98 Å². The van der Waals surface area contributed by atoms with Crippen LogP contribution in [-0.2, 0) is 4.79 Å². The average molecular weight is 305 g/mol. The number of nitrogens with one attached hydrogen (secondary N) is 1. The molecule has 1 aromatic rings. The van der Waals surface area contributed by atoms with Crippen molar-refractivity contribution in [3.8, 4) is 0 Å². The number of aromatic nitrogens is 1. The zero-order chi connectivity index (χ0) is 15.8. The van der Waals surface area contributed by atoms with Crippen LogP contribution in [-0.4, -0.2) is 35.7 Å². The fourth-order valence-electron chi connectivity index (χ4n) is 2.82. The number of unbranched alkanes of at least 4 members (excludes halogenated alkanes) is 2. The Balaban J connectivity index is 1.96. The standard InChI is InChI=1S/C17H27N3O2/c1-2-3-4-7-16(22)19-15-6-5-10-18-17(15)20-11-8-14(13-21)9-12-20/h5-6,10,14,21H,2-4,7-9,11-13H2,1H3,(H,19,22). The fraction of sp³-hybridized carbons (Fsp3) is 0.647. The second kappa shape index (κ2) is 8.73. The lowest BCUT2D eigenvalue weighted by Crippen LogP contribution is -2.35. The van der Waals surface area contributed by atoms with E-state index in [9.17, 15) is 9.90 Å². The fourth-order valence-corrected chi connectivity index (χ4v) is 2.82. The largest absolute Gasteiger partial charge is 0.396 e. The van der Waals surface area contributed by atoms with E-state index in [-0.39, 0.29) is 12.5 Å². The molecule has 1 fully saturated rings. The van der Waals surface area contributed by atoms with Crippen molar-refractivity contribution in [2.24, 2.45) is 5.92 Å². The second-order valence-corrected chi connectivity index (χ2v) is 5.99. The first-order chi connectivity index (χ1) is 10.7. The molecule has 1 aliphatic heterocycles. The van der Waals surface area contributed by atoms with Crippen LogP contribution in [0.1, 0.15) is 45.4 Å². The Hall–Kier alpha value is -1.62. The molecule has 2 rings (SSSR count). The lowest BCUT2D eigenvalue weighted by molar-refractivity contribution is -0.116. The minimum Gasteiger partial charge on any atom is -0.396 e. The Kier molecular flexibility index (Phi) is 6.65. The molecule has 2 N–H and O–H groups in total. The van der Waals surface area contributed by atoms with Gasteiger partial charge in [0.1, 0.15) is 0 Å². The molecule has 0 unspecified atom stereocenters. The van der Waals surface area contributed by atoms with E-state index in [0.717, 1.165) is 56.7 Å². The summed E-state index contributed by atoms with van der Waals surface area (Å²) in [5.74, 6) is 1.31. The van der Waals surface area contributed by atoms with Crippen molar-refractivity contribution in [3.05, 3.63) is 18.3 Å². The number of carbonyl (C=O) groups is 1. The van der Waals surface area contributed by atoms with Gasteiger partial charge >= 0.3 is 0 Å². The van der Waals surface area contributed by atoms with Crippen LogP contribution in [0.5, 0.6) is 0 Å². The van der Waals surface area contributed by atoms with E-state index in [4.69, 9.17) is 0 Å². The van der Waals surface area contributed by atoms with E-state index in [2.05, 4.69) is 22.1 Å². The second-order valence-electron chi connectivity index (χ2n) is 5.99. The highest BCUT2D eigenvalue weighted by atomic mass is 16.3. The summed E-state index contributed by atoms with van der Waals surface area (Å²) in [4.78, 5) is 18.7. The minimum absolute atomic E-state index is 0.0629. The molecule has 5 nitrogen and oxygen atoms in total. The molecule has 2 heterocycles. The summed E-state index contributed by atoms with van der Waals surface area (Å²) in [6.45, 7) is 4.14. The summed E-state index contributed by atoms with van der Waals surface area (Å²) in [7, 11) is 0. The number of amides is 1. The first-order valence-electron chi connectivity index (χ1n) is 8.35. The van der Waals surface area contributed by atoms with E-state index in [1.54, 1.807) is 6.20 Å². The number of carbonyl (C=O) groups excluding carboxylic acids is 1. The van der Waals surface area contributed by atoms with Crippen molar-refractivity contribution >= 4 is 17.4 Å². The van der Waals surface area contributed by atoms with Gasteiger partial charge in [0.15, 0.2) is 5.82 Å². The Labute approximate surface area is 132 Å². The average Bonchev–Trinajstić information content (AvgIpc) is 2.56.